The van der Waals surface area contributed by atoms with Gasteiger partial charge < -0.3 is 10.5 Å². The van der Waals surface area contributed by atoms with Crippen molar-refractivity contribution in [3.8, 4) is 11.6 Å². The van der Waals surface area contributed by atoms with Crippen LogP contribution in [-0.2, 0) is 6.54 Å². The lowest BCUT2D eigenvalue weighted by Gasteiger charge is -2.03. The van der Waals surface area contributed by atoms with Gasteiger partial charge in [0.1, 0.15) is 11.6 Å². The minimum absolute atomic E-state index is 0.394. The number of nitrogens with two attached hydrogens (primary N) is 1. The molecule has 0 aromatic carbocycles. The van der Waals surface area contributed by atoms with E-state index >= 15 is 0 Å². The Morgan fingerprint density at radius 1 is 1.44 bits per heavy atom. The fourth-order valence-corrected chi connectivity index (χ4v) is 1.31. The number of nitrogens with zero attached hydrogens (tertiary/aromatic N) is 4. The summed E-state index contributed by atoms with van der Waals surface area (Å²) in [7, 11) is 0. The lowest BCUT2D eigenvalue weighted by molar-refractivity contribution is 0.459. The van der Waals surface area contributed by atoms with Crippen molar-refractivity contribution >= 4 is 5.82 Å². The Hall–Kier alpha value is -2.11. The average Bonchev–Trinajstić information content (AvgIpc) is 2.64. The molecule has 84 valence electrons. The summed E-state index contributed by atoms with van der Waals surface area (Å²) in [6.45, 7) is 4.57. The maximum absolute atomic E-state index is 5.59. The van der Waals surface area contributed by atoms with Gasteiger partial charge in [0.05, 0.1) is 12.4 Å². The first-order valence-corrected chi connectivity index (χ1v) is 4.99. The summed E-state index contributed by atoms with van der Waals surface area (Å²) < 4.78 is 7.28. The highest BCUT2D eigenvalue weighted by Crippen LogP contribution is 2.19. The minimum atomic E-state index is 0.394. The van der Waals surface area contributed by atoms with Crippen molar-refractivity contribution in [2.24, 2.45) is 0 Å². The number of anilines is 1. The van der Waals surface area contributed by atoms with E-state index in [1.165, 1.54) is 0 Å². The lowest BCUT2D eigenvalue weighted by Crippen LogP contribution is -1.97. The summed E-state index contributed by atoms with van der Waals surface area (Å²) in [5.41, 5.74) is 5.59. The largest absolute Gasteiger partial charge is 0.436 e. The Labute approximate surface area is 93.1 Å². The summed E-state index contributed by atoms with van der Waals surface area (Å²) in [5, 5.41) is 4.09. The van der Waals surface area contributed by atoms with Crippen LogP contribution >= 0.6 is 0 Å². The zero-order valence-corrected chi connectivity index (χ0v) is 9.21. The molecule has 2 aromatic heterocycles. The molecule has 0 amide bonds. The minimum Gasteiger partial charge on any atom is -0.436 e. The van der Waals surface area contributed by atoms with Crippen molar-refractivity contribution < 1.29 is 4.74 Å². The first kappa shape index (κ1) is 10.4. The molecule has 6 nitrogen and oxygen atoms in total. The van der Waals surface area contributed by atoms with Gasteiger partial charge >= 0.3 is 0 Å². The van der Waals surface area contributed by atoms with Crippen molar-refractivity contribution in [3.05, 3.63) is 24.3 Å². The zero-order valence-electron chi connectivity index (χ0n) is 9.21. The highest BCUT2D eigenvalue weighted by molar-refractivity contribution is 5.34. The van der Waals surface area contributed by atoms with Crippen LogP contribution in [0.25, 0.3) is 0 Å². The lowest BCUT2D eigenvalue weighted by atomic mass is 10.5. The summed E-state index contributed by atoms with van der Waals surface area (Å²) in [4.78, 5) is 8.08. The number of aromatic nitrogens is 4. The van der Waals surface area contributed by atoms with E-state index < -0.39 is 0 Å². The van der Waals surface area contributed by atoms with Crippen LogP contribution in [0.1, 0.15) is 12.7 Å². The molecule has 0 saturated heterocycles. The van der Waals surface area contributed by atoms with E-state index in [1.54, 1.807) is 30.1 Å². The Kier molecular flexibility index (Phi) is 2.72. The molecule has 0 unspecified atom stereocenters. The smallest absolute Gasteiger partial charge is 0.224 e. The van der Waals surface area contributed by atoms with Crippen LogP contribution in [0, 0.1) is 6.92 Å². The molecule has 0 spiro atoms. The van der Waals surface area contributed by atoms with Crippen LogP contribution < -0.4 is 10.5 Å². The maximum atomic E-state index is 5.59. The van der Waals surface area contributed by atoms with Gasteiger partial charge in [0.2, 0.25) is 5.88 Å². The Balaban J connectivity index is 2.19. The van der Waals surface area contributed by atoms with Crippen LogP contribution in [0.2, 0.25) is 0 Å². The summed E-state index contributed by atoms with van der Waals surface area (Å²) in [6.07, 6.45) is 3.44. The fraction of sp³-hybridized carbons (Fsp3) is 0.300. The van der Waals surface area contributed by atoms with E-state index in [0.717, 1.165) is 6.54 Å². The molecule has 0 fully saturated rings. The molecule has 0 radical (unpaired) electrons. The molecule has 0 bridgehead atoms. The Morgan fingerprint density at radius 3 is 2.88 bits per heavy atom. The molecule has 0 aliphatic rings. The molecule has 0 saturated carbocycles. The van der Waals surface area contributed by atoms with E-state index in [4.69, 9.17) is 10.5 Å². The van der Waals surface area contributed by atoms with Crippen LogP contribution in [-0.4, -0.2) is 19.7 Å². The molecule has 2 N–H and O–H groups in total. The third kappa shape index (κ3) is 2.28. The van der Waals surface area contributed by atoms with Crippen molar-refractivity contribution in [2.75, 3.05) is 5.73 Å². The SMILES string of the molecule is CCn1cc(Oc2cc(N)nc(C)n2)cn1. The van der Waals surface area contributed by atoms with Gasteiger partial charge in [0, 0.05) is 12.6 Å². The van der Waals surface area contributed by atoms with Crippen molar-refractivity contribution in [3.63, 3.8) is 0 Å². The van der Waals surface area contributed by atoms with Gasteiger partial charge in [-0.15, -0.1) is 0 Å². The van der Waals surface area contributed by atoms with Gasteiger partial charge in [-0.25, -0.2) is 4.98 Å². The number of rotatable bonds is 3. The predicted octanol–water partition coefficient (Wildman–Crippen LogP) is 1.38. The molecular formula is C10H13N5O. The van der Waals surface area contributed by atoms with Crippen molar-refractivity contribution in [1.29, 1.82) is 0 Å². The first-order chi connectivity index (χ1) is 7.67. The monoisotopic (exact) mass is 219 g/mol. The average molecular weight is 219 g/mol. The molecule has 0 aliphatic heterocycles. The van der Waals surface area contributed by atoms with Gasteiger partial charge in [-0.05, 0) is 13.8 Å². The molecule has 2 rings (SSSR count). The van der Waals surface area contributed by atoms with E-state index in [2.05, 4.69) is 15.1 Å². The predicted molar refractivity (Wildman–Crippen MR) is 59.2 cm³/mol. The van der Waals surface area contributed by atoms with E-state index in [-0.39, 0.29) is 0 Å². The van der Waals surface area contributed by atoms with Gasteiger partial charge in [-0.1, -0.05) is 0 Å². The van der Waals surface area contributed by atoms with E-state index in [1.807, 2.05) is 6.92 Å². The fourth-order valence-electron chi connectivity index (χ4n) is 1.31. The van der Waals surface area contributed by atoms with Crippen LogP contribution in [0.4, 0.5) is 5.82 Å². The quantitative estimate of drug-likeness (QED) is 0.843. The summed E-state index contributed by atoms with van der Waals surface area (Å²) in [5.74, 6) is 2.04. The topological polar surface area (TPSA) is 78.9 Å². The number of aryl methyl sites for hydroxylation is 2. The maximum Gasteiger partial charge on any atom is 0.224 e. The van der Waals surface area contributed by atoms with Gasteiger partial charge in [0.15, 0.2) is 5.75 Å². The number of ether oxygens (including phenoxy) is 1. The molecule has 2 aromatic rings. The molecule has 16 heavy (non-hydrogen) atoms. The normalized spacial score (nSPS) is 10.4. The van der Waals surface area contributed by atoms with Gasteiger partial charge in [0.25, 0.3) is 0 Å². The molecular weight excluding hydrogens is 206 g/mol. The van der Waals surface area contributed by atoms with Crippen LogP contribution in [0.15, 0.2) is 18.5 Å². The zero-order chi connectivity index (χ0) is 11.5. The third-order valence-electron chi connectivity index (χ3n) is 1.99. The second kappa shape index (κ2) is 4.18. The Morgan fingerprint density at radius 2 is 2.25 bits per heavy atom. The molecule has 2 heterocycles. The second-order valence-electron chi connectivity index (χ2n) is 3.31. The molecule has 0 atom stereocenters. The molecule has 0 aliphatic carbocycles. The number of hydrogen-bond donors (Lipinski definition) is 1. The van der Waals surface area contributed by atoms with Crippen molar-refractivity contribution in [2.45, 2.75) is 20.4 Å². The van der Waals surface area contributed by atoms with Gasteiger partial charge in [-0.2, -0.15) is 10.1 Å². The summed E-state index contributed by atoms with van der Waals surface area (Å²) in [6, 6.07) is 1.58. The number of hydrogen-bond acceptors (Lipinski definition) is 5. The standard InChI is InChI=1S/C10H13N5O/c1-3-15-6-8(5-12-15)16-10-4-9(11)13-7(2)14-10/h4-6H,3H2,1-2H3,(H2,11,13,14). The highest BCUT2D eigenvalue weighted by Gasteiger charge is 2.04. The number of nitrogen functional groups attached to an aromatic ring is 1. The first-order valence-electron chi connectivity index (χ1n) is 4.99. The Bertz CT molecular complexity index is 473. The van der Waals surface area contributed by atoms with Gasteiger partial charge in [-0.3, -0.25) is 4.68 Å². The highest BCUT2D eigenvalue weighted by atomic mass is 16.5. The van der Waals surface area contributed by atoms with Crippen LogP contribution in [0.3, 0.4) is 0 Å². The van der Waals surface area contributed by atoms with Crippen molar-refractivity contribution in [1.82, 2.24) is 19.7 Å². The second-order valence-corrected chi connectivity index (χ2v) is 3.31. The van der Waals surface area contributed by atoms with E-state index in [0.29, 0.717) is 23.3 Å². The van der Waals surface area contributed by atoms with Crippen LogP contribution in [0.5, 0.6) is 11.6 Å². The summed E-state index contributed by atoms with van der Waals surface area (Å²) >= 11 is 0. The molecule has 6 heteroatoms. The van der Waals surface area contributed by atoms with E-state index in [9.17, 15) is 0 Å². The third-order valence-corrected chi connectivity index (χ3v) is 1.99.